The van der Waals surface area contributed by atoms with Crippen LogP contribution in [0.25, 0.3) is 10.6 Å². The second-order valence-corrected chi connectivity index (χ2v) is 6.48. The Balaban J connectivity index is 0.00000161. The maximum atomic E-state index is 5.94. The number of rotatable bonds is 3. The lowest BCUT2D eigenvalue weighted by molar-refractivity contribution is 0.204. The summed E-state index contributed by atoms with van der Waals surface area (Å²) in [5, 5.41) is 3.30. The highest BCUT2D eigenvalue weighted by Gasteiger charge is 2.17. The fourth-order valence-electron chi connectivity index (χ4n) is 2.55. The summed E-state index contributed by atoms with van der Waals surface area (Å²) >= 11 is 1.74. The van der Waals surface area contributed by atoms with Gasteiger partial charge in [0.1, 0.15) is 5.01 Å². The van der Waals surface area contributed by atoms with E-state index in [4.69, 9.17) is 10.7 Å². The molecule has 114 valence electrons. The third-order valence-electron chi connectivity index (χ3n) is 3.87. The molecule has 0 unspecified atom stereocenters. The van der Waals surface area contributed by atoms with Crippen molar-refractivity contribution in [1.29, 1.82) is 0 Å². The van der Waals surface area contributed by atoms with Gasteiger partial charge in [-0.3, -0.25) is 4.90 Å². The number of nitrogens with zero attached hydrogens (tertiary/aromatic N) is 2. The number of hydrogen-bond acceptors (Lipinski definition) is 4. The van der Waals surface area contributed by atoms with E-state index in [2.05, 4.69) is 41.5 Å². The third kappa shape index (κ3) is 4.27. The first kappa shape index (κ1) is 16.4. The Morgan fingerprint density at radius 1 is 1.24 bits per heavy atom. The minimum absolute atomic E-state index is 0. The molecule has 0 bridgehead atoms. The molecule has 0 atom stereocenters. The van der Waals surface area contributed by atoms with E-state index in [-0.39, 0.29) is 12.4 Å². The van der Waals surface area contributed by atoms with Gasteiger partial charge in [0.05, 0.1) is 5.69 Å². The van der Waals surface area contributed by atoms with Gasteiger partial charge in [-0.15, -0.1) is 23.7 Å². The van der Waals surface area contributed by atoms with Gasteiger partial charge in [-0.2, -0.15) is 0 Å². The summed E-state index contributed by atoms with van der Waals surface area (Å²) in [6, 6.07) is 8.98. The van der Waals surface area contributed by atoms with Crippen molar-refractivity contribution < 1.29 is 0 Å². The third-order valence-corrected chi connectivity index (χ3v) is 4.81. The molecular formula is C16H22ClN3S. The maximum absolute atomic E-state index is 5.94. The molecule has 0 saturated carbocycles. The molecule has 1 aromatic heterocycles. The number of thiazole rings is 1. The summed E-state index contributed by atoms with van der Waals surface area (Å²) in [5.41, 5.74) is 9.63. The molecule has 2 heterocycles. The van der Waals surface area contributed by atoms with Gasteiger partial charge in [0.2, 0.25) is 0 Å². The van der Waals surface area contributed by atoms with Crippen molar-refractivity contribution in [2.24, 2.45) is 5.73 Å². The van der Waals surface area contributed by atoms with Crippen LogP contribution in [-0.2, 0) is 6.54 Å². The van der Waals surface area contributed by atoms with Crippen LogP contribution in [0.3, 0.4) is 0 Å². The smallest absolute Gasteiger partial charge is 0.123 e. The summed E-state index contributed by atoms with van der Waals surface area (Å²) in [4.78, 5) is 7.22. The van der Waals surface area contributed by atoms with Gasteiger partial charge in [0.25, 0.3) is 0 Å². The van der Waals surface area contributed by atoms with Gasteiger partial charge < -0.3 is 5.73 Å². The number of likely N-dealkylation sites (tertiary alicyclic amines) is 1. The van der Waals surface area contributed by atoms with E-state index >= 15 is 0 Å². The molecule has 1 aliphatic rings. The normalized spacial score (nSPS) is 16.7. The van der Waals surface area contributed by atoms with E-state index in [1.54, 1.807) is 11.3 Å². The number of halogens is 1. The lowest BCUT2D eigenvalue weighted by Crippen LogP contribution is -2.39. The van der Waals surface area contributed by atoms with Gasteiger partial charge in [0.15, 0.2) is 0 Å². The predicted molar refractivity (Wildman–Crippen MR) is 92.0 cm³/mol. The van der Waals surface area contributed by atoms with Crippen LogP contribution in [0, 0.1) is 6.92 Å². The Hall–Kier alpha value is -0.940. The molecule has 1 fully saturated rings. The van der Waals surface area contributed by atoms with Crippen LogP contribution in [0.2, 0.25) is 0 Å². The van der Waals surface area contributed by atoms with E-state index in [1.807, 2.05) is 0 Å². The Labute approximate surface area is 136 Å². The second-order valence-electron chi connectivity index (χ2n) is 5.62. The summed E-state index contributed by atoms with van der Waals surface area (Å²) in [6.45, 7) is 5.25. The number of aryl methyl sites for hydroxylation is 1. The first-order chi connectivity index (χ1) is 9.70. The van der Waals surface area contributed by atoms with Crippen molar-refractivity contribution in [3.8, 4) is 10.6 Å². The molecular weight excluding hydrogens is 302 g/mol. The zero-order valence-electron chi connectivity index (χ0n) is 12.3. The second kappa shape index (κ2) is 7.36. The van der Waals surface area contributed by atoms with Crippen molar-refractivity contribution in [2.75, 3.05) is 13.1 Å². The molecule has 0 spiro atoms. The minimum Gasteiger partial charge on any atom is -0.328 e. The molecule has 1 aliphatic heterocycles. The minimum atomic E-state index is 0. The van der Waals surface area contributed by atoms with Gasteiger partial charge in [-0.25, -0.2) is 4.98 Å². The Morgan fingerprint density at radius 3 is 2.57 bits per heavy atom. The number of nitrogens with two attached hydrogens (primary N) is 1. The monoisotopic (exact) mass is 323 g/mol. The SMILES string of the molecule is Cc1ccc(-c2nc(CN3CCC(N)CC3)cs2)cc1.Cl. The highest BCUT2D eigenvalue weighted by molar-refractivity contribution is 7.13. The molecule has 3 rings (SSSR count). The van der Waals surface area contributed by atoms with E-state index in [1.165, 1.54) is 16.8 Å². The lowest BCUT2D eigenvalue weighted by Gasteiger charge is -2.29. The maximum Gasteiger partial charge on any atom is 0.123 e. The summed E-state index contributed by atoms with van der Waals surface area (Å²) in [7, 11) is 0. The van der Waals surface area contributed by atoms with E-state index in [0.717, 1.165) is 37.5 Å². The fraction of sp³-hybridized carbons (Fsp3) is 0.438. The van der Waals surface area contributed by atoms with E-state index in [9.17, 15) is 0 Å². The molecule has 21 heavy (non-hydrogen) atoms. The highest BCUT2D eigenvalue weighted by Crippen LogP contribution is 2.25. The standard InChI is InChI=1S/C16H21N3S.ClH/c1-12-2-4-13(5-3-12)16-18-15(11-20-16)10-19-8-6-14(17)7-9-19;/h2-5,11,14H,6-10,17H2,1H3;1H. The van der Waals surface area contributed by atoms with Crippen molar-refractivity contribution in [3.05, 3.63) is 40.9 Å². The highest BCUT2D eigenvalue weighted by atomic mass is 35.5. The quantitative estimate of drug-likeness (QED) is 0.940. The van der Waals surface area contributed by atoms with E-state index in [0.29, 0.717) is 6.04 Å². The molecule has 0 radical (unpaired) electrons. The van der Waals surface area contributed by atoms with Crippen LogP contribution in [-0.4, -0.2) is 29.0 Å². The lowest BCUT2D eigenvalue weighted by atomic mass is 10.1. The zero-order valence-corrected chi connectivity index (χ0v) is 13.9. The topological polar surface area (TPSA) is 42.2 Å². The zero-order chi connectivity index (χ0) is 13.9. The number of aromatic nitrogens is 1. The molecule has 0 aliphatic carbocycles. The molecule has 5 heteroatoms. The van der Waals surface area contributed by atoms with Crippen LogP contribution in [0.15, 0.2) is 29.6 Å². The van der Waals surface area contributed by atoms with Crippen molar-refractivity contribution in [1.82, 2.24) is 9.88 Å². The average molecular weight is 324 g/mol. The molecule has 1 aromatic carbocycles. The van der Waals surface area contributed by atoms with Crippen molar-refractivity contribution >= 4 is 23.7 Å². The van der Waals surface area contributed by atoms with Gasteiger partial charge in [-0.05, 0) is 19.8 Å². The van der Waals surface area contributed by atoms with Gasteiger partial charge in [0, 0.05) is 36.6 Å². The van der Waals surface area contributed by atoms with Gasteiger partial charge >= 0.3 is 0 Å². The number of piperidine rings is 1. The van der Waals surface area contributed by atoms with Crippen LogP contribution < -0.4 is 5.73 Å². The summed E-state index contributed by atoms with van der Waals surface area (Å²) in [5.74, 6) is 0. The number of benzene rings is 1. The predicted octanol–water partition coefficient (Wildman–Crippen LogP) is 3.46. The van der Waals surface area contributed by atoms with E-state index < -0.39 is 0 Å². The first-order valence-electron chi connectivity index (χ1n) is 7.20. The van der Waals surface area contributed by atoms with Crippen LogP contribution >= 0.6 is 23.7 Å². The largest absolute Gasteiger partial charge is 0.328 e. The molecule has 1 saturated heterocycles. The van der Waals surface area contributed by atoms with Crippen LogP contribution in [0.4, 0.5) is 0 Å². The van der Waals surface area contributed by atoms with Crippen molar-refractivity contribution in [3.63, 3.8) is 0 Å². The van der Waals surface area contributed by atoms with Crippen LogP contribution in [0.5, 0.6) is 0 Å². The molecule has 0 amide bonds. The average Bonchev–Trinajstić information content (AvgIpc) is 2.91. The Bertz CT molecular complexity index is 559. The number of hydrogen-bond donors (Lipinski definition) is 1. The Morgan fingerprint density at radius 2 is 1.90 bits per heavy atom. The van der Waals surface area contributed by atoms with Crippen LogP contribution in [0.1, 0.15) is 24.1 Å². The van der Waals surface area contributed by atoms with Gasteiger partial charge in [-0.1, -0.05) is 29.8 Å². The fourth-order valence-corrected chi connectivity index (χ4v) is 3.37. The Kier molecular flexibility index (Phi) is 5.76. The first-order valence-corrected chi connectivity index (χ1v) is 8.08. The molecule has 2 N–H and O–H groups in total. The van der Waals surface area contributed by atoms with Crippen molar-refractivity contribution in [2.45, 2.75) is 32.4 Å². The summed E-state index contributed by atoms with van der Waals surface area (Å²) in [6.07, 6.45) is 2.21. The molecule has 2 aromatic rings. The summed E-state index contributed by atoms with van der Waals surface area (Å²) < 4.78 is 0. The molecule has 3 nitrogen and oxygen atoms in total.